The highest BCUT2D eigenvalue weighted by molar-refractivity contribution is 5.22. The molecule has 4 N–H and O–H groups in total. The molecule has 1 aromatic rings. The molecule has 0 spiro atoms. The van der Waals surface area contributed by atoms with E-state index in [0.717, 1.165) is 0 Å². The van der Waals surface area contributed by atoms with Crippen molar-refractivity contribution in [3.8, 4) is 5.88 Å². The first-order chi connectivity index (χ1) is 6.13. The van der Waals surface area contributed by atoms with Crippen LogP contribution in [-0.2, 0) is 0 Å². The van der Waals surface area contributed by atoms with Crippen LogP contribution in [0.5, 0.6) is 5.88 Å². The summed E-state index contributed by atoms with van der Waals surface area (Å²) in [6.07, 6.45) is 2.24. The number of hydrogen-bond acceptors (Lipinski definition) is 3. The zero-order chi connectivity index (χ0) is 9.84. The van der Waals surface area contributed by atoms with Gasteiger partial charge < -0.3 is 10.8 Å². The van der Waals surface area contributed by atoms with Gasteiger partial charge in [-0.2, -0.15) is 0 Å². The van der Waals surface area contributed by atoms with E-state index in [0.29, 0.717) is 12.0 Å². The molecule has 0 aromatic carbocycles. The lowest BCUT2D eigenvalue weighted by molar-refractivity contribution is 0.450. The molecule has 1 heterocycles. The number of aromatic amines is 1. The van der Waals surface area contributed by atoms with E-state index in [1.807, 2.05) is 0 Å². The highest BCUT2D eigenvalue weighted by Crippen LogP contribution is 2.14. The van der Waals surface area contributed by atoms with Gasteiger partial charge in [0.05, 0.1) is 0 Å². The van der Waals surface area contributed by atoms with Gasteiger partial charge in [0.15, 0.2) is 5.88 Å². The maximum atomic E-state index is 10.9. The van der Waals surface area contributed by atoms with Crippen molar-refractivity contribution >= 4 is 0 Å². The summed E-state index contributed by atoms with van der Waals surface area (Å²) in [5, 5.41) is 9.07. The van der Waals surface area contributed by atoms with Gasteiger partial charge in [0.2, 0.25) is 0 Å². The van der Waals surface area contributed by atoms with E-state index in [9.17, 15) is 4.79 Å². The molecule has 0 bridgehead atoms. The standard InChI is InChI=1S/C9H12N2O2/c1-2-3-7(10)6-4-8(12)11-9(13)5-6/h2,4-5,7H,1,3,10H2,(H2,11,12,13). The zero-order valence-electron chi connectivity index (χ0n) is 7.16. The molecule has 0 aliphatic rings. The van der Waals surface area contributed by atoms with Crippen molar-refractivity contribution in [3.63, 3.8) is 0 Å². The minimum atomic E-state index is -0.352. The first-order valence-electron chi connectivity index (χ1n) is 3.93. The Morgan fingerprint density at radius 1 is 1.69 bits per heavy atom. The van der Waals surface area contributed by atoms with Gasteiger partial charge in [0.25, 0.3) is 5.56 Å². The van der Waals surface area contributed by atoms with Crippen LogP contribution in [0.25, 0.3) is 0 Å². The molecule has 4 nitrogen and oxygen atoms in total. The molecule has 1 unspecified atom stereocenters. The number of hydrogen-bond donors (Lipinski definition) is 3. The molecule has 0 saturated carbocycles. The van der Waals surface area contributed by atoms with Crippen molar-refractivity contribution in [3.05, 3.63) is 40.7 Å². The van der Waals surface area contributed by atoms with Crippen molar-refractivity contribution in [2.75, 3.05) is 0 Å². The zero-order valence-corrected chi connectivity index (χ0v) is 7.16. The van der Waals surface area contributed by atoms with Gasteiger partial charge in [-0.15, -0.1) is 6.58 Å². The van der Waals surface area contributed by atoms with E-state index >= 15 is 0 Å². The van der Waals surface area contributed by atoms with Crippen molar-refractivity contribution < 1.29 is 5.11 Å². The molecule has 0 fully saturated rings. The number of aromatic hydroxyl groups is 1. The fourth-order valence-corrected chi connectivity index (χ4v) is 1.08. The second kappa shape index (κ2) is 3.91. The third-order valence-electron chi connectivity index (χ3n) is 1.70. The van der Waals surface area contributed by atoms with Gasteiger partial charge in [-0.05, 0) is 12.0 Å². The highest BCUT2D eigenvalue weighted by Gasteiger charge is 2.05. The number of nitrogens with one attached hydrogen (secondary N) is 1. The van der Waals surface area contributed by atoms with Crippen LogP contribution in [-0.4, -0.2) is 10.1 Å². The summed E-state index contributed by atoms with van der Waals surface area (Å²) in [7, 11) is 0. The van der Waals surface area contributed by atoms with Crippen LogP contribution >= 0.6 is 0 Å². The summed E-state index contributed by atoms with van der Waals surface area (Å²) in [4.78, 5) is 13.1. The molecule has 0 aliphatic carbocycles. The number of aromatic nitrogens is 1. The minimum absolute atomic E-state index is 0.165. The third-order valence-corrected chi connectivity index (χ3v) is 1.70. The Labute approximate surface area is 75.7 Å². The van der Waals surface area contributed by atoms with Crippen LogP contribution < -0.4 is 11.3 Å². The Bertz CT molecular complexity index is 357. The molecular weight excluding hydrogens is 168 g/mol. The lowest BCUT2D eigenvalue weighted by Gasteiger charge is -2.08. The van der Waals surface area contributed by atoms with Crippen LogP contribution in [0.1, 0.15) is 18.0 Å². The molecule has 13 heavy (non-hydrogen) atoms. The first kappa shape index (κ1) is 9.54. The van der Waals surface area contributed by atoms with Crippen LogP contribution in [0.4, 0.5) is 0 Å². The molecule has 0 radical (unpaired) electrons. The van der Waals surface area contributed by atoms with Crippen molar-refractivity contribution in [1.82, 2.24) is 4.98 Å². The van der Waals surface area contributed by atoms with Gasteiger partial charge in [0.1, 0.15) is 0 Å². The van der Waals surface area contributed by atoms with E-state index < -0.39 is 0 Å². The lowest BCUT2D eigenvalue weighted by Crippen LogP contribution is -2.13. The van der Waals surface area contributed by atoms with Gasteiger partial charge in [-0.25, -0.2) is 0 Å². The molecule has 1 rings (SSSR count). The lowest BCUT2D eigenvalue weighted by atomic mass is 10.1. The molecule has 1 atom stereocenters. The van der Waals surface area contributed by atoms with Crippen molar-refractivity contribution in [2.45, 2.75) is 12.5 Å². The summed E-state index contributed by atoms with van der Waals surface area (Å²) in [6.45, 7) is 3.54. The largest absolute Gasteiger partial charge is 0.495 e. The van der Waals surface area contributed by atoms with Crippen LogP contribution in [0, 0.1) is 0 Å². The number of rotatable bonds is 3. The second-order valence-corrected chi connectivity index (χ2v) is 2.79. The predicted octanol–water partition coefficient (Wildman–Crippen LogP) is 0.656. The van der Waals surface area contributed by atoms with Crippen LogP contribution in [0.3, 0.4) is 0 Å². The first-order valence-corrected chi connectivity index (χ1v) is 3.93. The highest BCUT2D eigenvalue weighted by atomic mass is 16.3. The maximum Gasteiger partial charge on any atom is 0.250 e. The minimum Gasteiger partial charge on any atom is -0.495 e. The molecule has 0 saturated heterocycles. The van der Waals surface area contributed by atoms with Gasteiger partial charge in [0, 0.05) is 18.2 Å². The van der Waals surface area contributed by atoms with E-state index in [1.165, 1.54) is 12.1 Å². The van der Waals surface area contributed by atoms with E-state index in [2.05, 4.69) is 11.6 Å². The fraction of sp³-hybridized carbons (Fsp3) is 0.222. The smallest absolute Gasteiger partial charge is 0.250 e. The SMILES string of the molecule is C=CCC(N)c1cc(O)[nH]c(=O)c1. The molecule has 1 aromatic heterocycles. The summed E-state index contributed by atoms with van der Waals surface area (Å²) < 4.78 is 0. The quantitative estimate of drug-likeness (QED) is 0.598. The molecule has 4 heteroatoms. The van der Waals surface area contributed by atoms with Crippen molar-refractivity contribution in [1.29, 1.82) is 0 Å². The fourth-order valence-electron chi connectivity index (χ4n) is 1.08. The van der Waals surface area contributed by atoms with Gasteiger partial charge in [-0.1, -0.05) is 6.08 Å². The van der Waals surface area contributed by atoms with Crippen LogP contribution in [0.15, 0.2) is 29.6 Å². The summed E-state index contributed by atoms with van der Waals surface area (Å²) in [5.41, 5.74) is 5.97. The van der Waals surface area contributed by atoms with E-state index in [4.69, 9.17) is 10.8 Å². The third kappa shape index (κ3) is 2.45. The Hall–Kier alpha value is -1.55. The summed E-state index contributed by atoms with van der Waals surface area (Å²) in [6, 6.07) is 2.52. The molecule has 0 aliphatic heterocycles. The van der Waals surface area contributed by atoms with E-state index in [-0.39, 0.29) is 17.5 Å². The van der Waals surface area contributed by atoms with E-state index in [1.54, 1.807) is 6.08 Å². The van der Waals surface area contributed by atoms with Gasteiger partial charge in [-0.3, -0.25) is 9.78 Å². The normalized spacial score (nSPS) is 12.4. The number of pyridine rings is 1. The summed E-state index contributed by atoms with van der Waals surface area (Å²) in [5.74, 6) is -0.165. The molecule has 0 amide bonds. The predicted molar refractivity (Wildman–Crippen MR) is 50.5 cm³/mol. The topological polar surface area (TPSA) is 79.1 Å². The monoisotopic (exact) mass is 180 g/mol. The van der Waals surface area contributed by atoms with Gasteiger partial charge >= 0.3 is 0 Å². The molecular formula is C9H12N2O2. The Morgan fingerprint density at radius 2 is 2.38 bits per heavy atom. The number of H-pyrrole nitrogens is 1. The average Bonchev–Trinajstić information content (AvgIpc) is 2.03. The summed E-state index contributed by atoms with van der Waals surface area (Å²) >= 11 is 0. The van der Waals surface area contributed by atoms with Crippen molar-refractivity contribution in [2.24, 2.45) is 5.73 Å². The maximum absolute atomic E-state index is 10.9. The number of nitrogens with two attached hydrogens (primary N) is 1. The molecule has 70 valence electrons. The Morgan fingerprint density at radius 3 is 2.92 bits per heavy atom. The second-order valence-electron chi connectivity index (χ2n) is 2.79. The average molecular weight is 180 g/mol. The Kier molecular flexibility index (Phi) is 2.87. The van der Waals surface area contributed by atoms with Crippen LogP contribution in [0.2, 0.25) is 0 Å². The Balaban J connectivity index is 3.00.